The first kappa shape index (κ1) is 17.1. The number of methoxy groups -OCH3 is 2. The molecule has 0 saturated carbocycles. The third-order valence-corrected chi connectivity index (χ3v) is 3.00. The van der Waals surface area contributed by atoms with Crippen molar-refractivity contribution in [3.63, 3.8) is 0 Å². The molecule has 0 bridgehead atoms. The molecule has 0 radical (unpaired) electrons. The molecule has 0 unspecified atom stereocenters. The van der Waals surface area contributed by atoms with E-state index in [1.54, 1.807) is 12.1 Å². The molecule has 2 amide bonds. The molecule has 0 aliphatic rings. The summed E-state index contributed by atoms with van der Waals surface area (Å²) in [5.74, 6) is -1.04. The highest BCUT2D eigenvalue weighted by Gasteiger charge is 2.15. The van der Waals surface area contributed by atoms with Crippen molar-refractivity contribution in [3.05, 3.63) is 29.8 Å². The smallest absolute Gasteiger partial charge is 0.313 e. The van der Waals surface area contributed by atoms with Crippen molar-refractivity contribution in [1.82, 2.24) is 5.32 Å². The van der Waals surface area contributed by atoms with Crippen molar-refractivity contribution < 1.29 is 19.1 Å². The topological polar surface area (TPSA) is 76.7 Å². The quantitative estimate of drug-likeness (QED) is 0.615. The van der Waals surface area contributed by atoms with Gasteiger partial charge in [-0.15, -0.1) is 0 Å². The van der Waals surface area contributed by atoms with Gasteiger partial charge in [0, 0.05) is 19.9 Å². The highest BCUT2D eigenvalue weighted by molar-refractivity contribution is 6.39. The van der Waals surface area contributed by atoms with Gasteiger partial charge in [0.25, 0.3) is 0 Å². The number of carbonyl (C=O) groups excluding carboxylic acids is 2. The average Bonchev–Trinajstić information content (AvgIpc) is 2.48. The van der Waals surface area contributed by atoms with E-state index in [0.717, 1.165) is 0 Å². The van der Waals surface area contributed by atoms with Crippen molar-refractivity contribution in [1.29, 1.82) is 0 Å². The Bertz CT molecular complexity index is 467. The summed E-state index contributed by atoms with van der Waals surface area (Å²) >= 11 is 0. The second-order valence-electron chi connectivity index (χ2n) is 4.84. The fourth-order valence-electron chi connectivity index (χ4n) is 1.66. The molecule has 0 aliphatic heterocycles. The second-order valence-corrected chi connectivity index (χ2v) is 4.84. The van der Waals surface area contributed by atoms with Crippen LogP contribution in [0.15, 0.2) is 24.3 Å². The monoisotopic (exact) mass is 294 g/mol. The van der Waals surface area contributed by atoms with Crippen molar-refractivity contribution >= 4 is 17.5 Å². The van der Waals surface area contributed by atoms with Crippen molar-refractivity contribution in [2.45, 2.75) is 26.1 Å². The van der Waals surface area contributed by atoms with Crippen LogP contribution in [0, 0.1) is 0 Å². The summed E-state index contributed by atoms with van der Waals surface area (Å²) in [4.78, 5) is 23.3. The SMILES string of the molecule is COC(CNC(=O)C(=O)Nc1ccc(C(C)C)cc1)OC. The molecule has 0 fully saturated rings. The van der Waals surface area contributed by atoms with Crippen LogP contribution in [-0.4, -0.2) is 38.9 Å². The number of carbonyl (C=O) groups is 2. The van der Waals surface area contributed by atoms with Crippen molar-refractivity contribution in [2.24, 2.45) is 0 Å². The van der Waals surface area contributed by atoms with Crippen LogP contribution in [0.25, 0.3) is 0 Å². The molecule has 6 nitrogen and oxygen atoms in total. The molecule has 21 heavy (non-hydrogen) atoms. The summed E-state index contributed by atoms with van der Waals surface area (Å²) in [6.45, 7) is 4.28. The molecule has 0 atom stereocenters. The average molecular weight is 294 g/mol. The molecule has 0 aromatic heterocycles. The lowest BCUT2D eigenvalue weighted by Crippen LogP contribution is -2.40. The van der Waals surface area contributed by atoms with E-state index >= 15 is 0 Å². The van der Waals surface area contributed by atoms with Crippen LogP contribution >= 0.6 is 0 Å². The predicted molar refractivity (Wildman–Crippen MR) is 80.0 cm³/mol. The summed E-state index contributed by atoms with van der Waals surface area (Å²) in [7, 11) is 2.91. The maximum atomic E-state index is 11.7. The van der Waals surface area contributed by atoms with Crippen LogP contribution in [0.2, 0.25) is 0 Å². The molecule has 1 rings (SSSR count). The summed E-state index contributed by atoms with van der Waals surface area (Å²) in [5, 5.41) is 4.97. The number of rotatable bonds is 6. The summed E-state index contributed by atoms with van der Waals surface area (Å²) < 4.78 is 9.83. The van der Waals surface area contributed by atoms with E-state index in [4.69, 9.17) is 9.47 Å². The Morgan fingerprint density at radius 3 is 2.10 bits per heavy atom. The Morgan fingerprint density at radius 1 is 1.05 bits per heavy atom. The highest BCUT2D eigenvalue weighted by atomic mass is 16.7. The van der Waals surface area contributed by atoms with Gasteiger partial charge in [-0.2, -0.15) is 0 Å². The van der Waals surface area contributed by atoms with Gasteiger partial charge in [0.1, 0.15) is 0 Å². The first-order valence-corrected chi connectivity index (χ1v) is 6.72. The zero-order chi connectivity index (χ0) is 15.8. The van der Waals surface area contributed by atoms with Gasteiger partial charge in [-0.05, 0) is 23.6 Å². The van der Waals surface area contributed by atoms with E-state index in [2.05, 4.69) is 24.5 Å². The summed E-state index contributed by atoms with van der Waals surface area (Å²) in [6.07, 6.45) is -0.577. The van der Waals surface area contributed by atoms with E-state index in [9.17, 15) is 9.59 Å². The molecule has 0 aliphatic carbocycles. The molecule has 0 heterocycles. The van der Waals surface area contributed by atoms with E-state index in [1.165, 1.54) is 19.8 Å². The number of benzene rings is 1. The lowest BCUT2D eigenvalue weighted by molar-refractivity contribution is -0.139. The first-order chi connectivity index (χ1) is 9.97. The minimum absolute atomic E-state index is 0.103. The van der Waals surface area contributed by atoms with Crippen LogP contribution in [0.4, 0.5) is 5.69 Å². The Labute approximate surface area is 124 Å². The van der Waals surface area contributed by atoms with Crippen LogP contribution in [0.3, 0.4) is 0 Å². The largest absolute Gasteiger partial charge is 0.354 e. The third-order valence-electron chi connectivity index (χ3n) is 3.00. The number of ether oxygens (including phenoxy) is 2. The first-order valence-electron chi connectivity index (χ1n) is 6.72. The Balaban J connectivity index is 2.50. The van der Waals surface area contributed by atoms with E-state index in [-0.39, 0.29) is 6.54 Å². The number of hydrogen-bond donors (Lipinski definition) is 2. The highest BCUT2D eigenvalue weighted by Crippen LogP contribution is 2.16. The molecule has 1 aromatic carbocycles. The molecule has 0 spiro atoms. The number of anilines is 1. The normalized spacial score (nSPS) is 10.8. The zero-order valence-corrected chi connectivity index (χ0v) is 12.8. The Kier molecular flexibility index (Phi) is 6.84. The zero-order valence-electron chi connectivity index (χ0n) is 12.8. The van der Waals surface area contributed by atoms with Crippen molar-refractivity contribution in [2.75, 3.05) is 26.1 Å². The molecule has 0 saturated heterocycles. The van der Waals surface area contributed by atoms with Gasteiger partial charge in [-0.25, -0.2) is 0 Å². The van der Waals surface area contributed by atoms with Gasteiger partial charge >= 0.3 is 11.8 Å². The maximum Gasteiger partial charge on any atom is 0.313 e. The fraction of sp³-hybridized carbons (Fsp3) is 0.467. The number of nitrogens with one attached hydrogen (secondary N) is 2. The van der Waals surface area contributed by atoms with Crippen LogP contribution < -0.4 is 10.6 Å². The standard InChI is InChI=1S/C15H22N2O4/c1-10(2)11-5-7-12(8-6-11)17-15(19)14(18)16-9-13(20-3)21-4/h5-8,10,13H,9H2,1-4H3,(H,16,18)(H,17,19). The second kappa shape index (κ2) is 8.39. The van der Waals surface area contributed by atoms with E-state index in [1.807, 2.05) is 12.1 Å². The molecular formula is C15H22N2O4. The van der Waals surface area contributed by atoms with Gasteiger partial charge in [-0.1, -0.05) is 26.0 Å². The predicted octanol–water partition coefficient (Wildman–Crippen LogP) is 1.48. The lowest BCUT2D eigenvalue weighted by atomic mass is 10.0. The molecular weight excluding hydrogens is 272 g/mol. The van der Waals surface area contributed by atoms with E-state index < -0.39 is 18.1 Å². The van der Waals surface area contributed by atoms with Crippen LogP contribution in [-0.2, 0) is 19.1 Å². The lowest BCUT2D eigenvalue weighted by Gasteiger charge is -2.14. The third kappa shape index (κ3) is 5.53. The minimum atomic E-state index is -0.734. The molecule has 2 N–H and O–H groups in total. The van der Waals surface area contributed by atoms with Crippen LogP contribution in [0.5, 0.6) is 0 Å². The maximum absolute atomic E-state index is 11.7. The molecule has 1 aromatic rings. The van der Waals surface area contributed by atoms with Gasteiger partial charge < -0.3 is 20.1 Å². The number of hydrogen-bond acceptors (Lipinski definition) is 4. The molecule has 116 valence electrons. The number of amides is 2. The summed E-state index contributed by atoms with van der Waals surface area (Å²) in [6, 6.07) is 7.38. The van der Waals surface area contributed by atoms with Gasteiger partial charge in [-0.3, -0.25) is 9.59 Å². The van der Waals surface area contributed by atoms with Crippen LogP contribution in [0.1, 0.15) is 25.3 Å². The summed E-state index contributed by atoms with van der Waals surface area (Å²) in [5.41, 5.74) is 1.75. The van der Waals surface area contributed by atoms with Crippen molar-refractivity contribution in [3.8, 4) is 0 Å². The van der Waals surface area contributed by atoms with E-state index in [0.29, 0.717) is 11.6 Å². The Morgan fingerprint density at radius 2 is 1.62 bits per heavy atom. The van der Waals surface area contributed by atoms with Gasteiger partial charge in [0.15, 0.2) is 6.29 Å². The molecule has 6 heteroatoms. The Hall–Kier alpha value is -1.92. The minimum Gasteiger partial charge on any atom is -0.354 e. The van der Waals surface area contributed by atoms with Gasteiger partial charge in [0.05, 0.1) is 6.54 Å². The van der Waals surface area contributed by atoms with Gasteiger partial charge in [0.2, 0.25) is 0 Å². The fourth-order valence-corrected chi connectivity index (χ4v) is 1.66.